The zero-order chi connectivity index (χ0) is 22.5. The Morgan fingerprint density at radius 2 is 1.91 bits per heavy atom. The molecule has 1 aliphatic heterocycles. The van der Waals surface area contributed by atoms with Gasteiger partial charge in [-0.1, -0.05) is 12.1 Å². The highest BCUT2D eigenvalue weighted by Crippen LogP contribution is 2.48. The van der Waals surface area contributed by atoms with E-state index in [9.17, 15) is 22.8 Å². The van der Waals surface area contributed by atoms with Crippen molar-refractivity contribution in [2.75, 3.05) is 11.4 Å². The van der Waals surface area contributed by atoms with Crippen molar-refractivity contribution in [3.63, 3.8) is 0 Å². The Hall–Kier alpha value is -3.36. The molecule has 2 aliphatic rings. The van der Waals surface area contributed by atoms with Crippen LogP contribution in [0.3, 0.4) is 0 Å². The molecule has 1 saturated heterocycles. The predicted octanol–water partition coefficient (Wildman–Crippen LogP) is 4.00. The standard InChI is InChI=1S/C23H21F3N4O2/c24-23(25,26)14-5-7-15(8-6-14)30-10-9-19(22(30)32)27-20(31)12-13-11-16(13)21-28-17-3-1-2-4-18(17)29-21/h1-8,13,16,19H,9-12H2,(H,27,31)(H,28,29)/t13-,16-,19?/m0/s1. The number of alkyl halides is 3. The average Bonchev–Trinajstić information content (AvgIpc) is 3.22. The molecule has 6 nitrogen and oxygen atoms in total. The van der Waals surface area contributed by atoms with Crippen molar-refractivity contribution in [2.24, 2.45) is 5.92 Å². The summed E-state index contributed by atoms with van der Waals surface area (Å²) in [5.74, 6) is 0.771. The Bertz CT molecular complexity index is 1140. The number of H-pyrrole nitrogens is 1. The number of fused-ring (bicyclic) bond motifs is 1. The van der Waals surface area contributed by atoms with Crippen LogP contribution < -0.4 is 10.2 Å². The number of amides is 2. The zero-order valence-electron chi connectivity index (χ0n) is 17.0. The lowest BCUT2D eigenvalue weighted by Crippen LogP contribution is -2.41. The Balaban J connectivity index is 1.16. The van der Waals surface area contributed by atoms with Gasteiger partial charge in [-0.15, -0.1) is 0 Å². The van der Waals surface area contributed by atoms with Crippen LogP contribution in [0.25, 0.3) is 11.0 Å². The van der Waals surface area contributed by atoms with E-state index in [-0.39, 0.29) is 23.7 Å². The van der Waals surface area contributed by atoms with Crippen molar-refractivity contribution in [1.82, 2.24) is 15.3 Å². The lowest BCUT2D eigenvalue weighted by atomic mass is 10.2. The summed E-state index contributed by atoms with van der Waals surface area (Å²) in [4.78, 5) is 34.5. The van der Waals surface area contributed by atoms with E-state index in [1.807, 2.05) is 24.3 Å². The number of nitrogens with zero attached hydrogens (tertiary/aromatic N) is 2. The molecule has 2 heterocycles. The third kappa shape index (κ3) is 3.94. The molecular weight excluding hydrogens is 421 g/mol. The SMILES string of the molecule is O=C(C[C@@H]1C[C@@H]1c1nc2ccccc2[nH]1)NC1CCN(c2ccc(C(F)(F)F)cc2)C1=O. The highest BCUT2D eigenvalue weighted by atomic mass is 19.4. The molecule has 2 aromatic carbocycles. The van der Waals surface area contributed by atoms with Crippen molar-refractivity contribution in [2.45, 2.75) is 37.4 Å². The van der Waals surface area contributed by atoms with E-state index >= 15 is 0 Å². The third-order valence-corrected chi connectivity index (χ3v) is 6.18. The minimum Gasteiger partial charge on any atom is -0.344 e. The van der Waals surface area contributed by atoms with Crippen LogP contribution in [0.5, 0.6) is 0 Å². The van der Waals surface area contributed by atoms with Crippen molar-refractivity contribution >= 4 is 28.5 Å². The molecule has 166 valence electrons. The van der Waals surface area contributed by atoms with Crippen LogP contribution in [-0.2, 0) is 15.8 Å². The first kappa shape index (κ1) is 20.5. The van der Waals surface area contributed by atoms with Crippen LogP contribution in [0.15, 0.2) is 48.5 Å². The molecule has 0 bridgehead atoms. The Kier molecular flexibility index (Phi) is 4.91. The molecule has 3 atom stereocenters. The number of aromatic nitrogens is 2. The van der Waals surface area contributed by atoms with Crippen molar-refractivity contribution in [3.05, 3.63) is 59.9 Å². The lowest BCUT2D eigenvalue weighted by Gasteiger charge is -2.18. The molecule has 3 aromatic rings. The van der Waals surface area contributed by atoms with Crippen LogP contribution >= 0.6 is 0 Å². The topological polar surface area (TPSA) is 78.1 Å². The largest absolute Gasteiger partial charge is 0.416 e. The summed E-state index contributed by atoms with van der Waals surface area (Å²) in [5.41, 5.74) is 1.50. The smallest absolute Gasteiger partial charge is 0.344 e. The summed E-state index contributed by atoms with van der Waals surface area (Å²) < 4.78 is 38.2. The van der Waals surface area contributed by atoms with E-state index in [0.29, 0.717) is 25.1 Å². The van der Waals surface area contributed by atoms with Gasteiger partial charge in [-0.3, -0.25) is 9.59 Å². The number of nitrogens with one attached hydrogen (secondary N) is 2. The number of benzene rings is 2. The van der Waals surface area contributed by atoms with Crippen molar-refractivity contribution < 1.29 is 22.8 Å². The molecule has 9 heteroatoms. The number of hydrogen-bond donors (Lipinski definition) is 2. The number of aromatic amines is 1. The summed E-state index contributed by atoms with van der Waals surface area (Å²) in [7, 11) is 0. The van der Waals surface area contributed by atoms with Gasteiger partial charge in [0.1, 0.15) is 11.9 Å². The number of halogens is 3. The molecule has 2 fully saturated rings. The van der Waals surface area contributed by atoms with Crippen LogP contribution in [0, 0.1) is 5.92 Å². The molecule has 1 aromatic heterocycles. The maximum absolute atomic E-state index is 12.7. The number of imidazole rings is 1. The summed E-state index contributed by atoms with van der Waals surface area (Å²) in [6, 6.07) is 11.6. The highest BCUT2D eigenvalue weighted by molar-refractivity contribution is 6.01. The van der Waals surface area contributed by atoms with E-state index < -0.39 is 17.8 Å². The van der Waals surface area contributed by atoms with Gasteiger partial charge in [-0.25, -0.2) is 4.98 Å². The lowest BCUT2D eigenvalue weighted by molar-refractivity contribution is -0.137. The second kappa shape index (κ2) is 7.65. The number of anilines is 1. The van der Waals surface area contributed by atoms with Crippen LogP contribution in [-0.4, -0.2) is 34.4 Å². The van der Waals surface area contributed by atoms with Gasteiger partial charge >= 0.3 is 6.18 Å². The Labute approximate surface area is 181 Å². The average molecular weight is 442 g/mol. The van der Waals surface area contributed by atoms with Gasteiger partial charge in [0.15, 0.2) is 0 Å². The minimum atomic E-state index is -4.42. The number of carbonyl (C=O) groups excluding carboxylic acids is 2. The fourth-order valence-electron chi connectivity index (χ4n) is 4.35. The second-order valence-corrected chi connectivity index (χ2v) is 8.39. The molecule has 1 saturated carbocycles. The van der Waals surface area contributed by atoms with Gasteiger partial charge < -0.3 is 15.2 Å². The van der Waals surface area contributed by atoms with Gasteiger partial charge in [0.2, 0.25) is 11.8 Å². The first-order chi connectivity index (χ1) is 15.3. The van der Waals surface area contributed by atoms with Gasteiger partial charge in [-0.05, 0) is 55.2 Å². The maximum atomic E-state index is 12.7. The van der Waals surface area contributed by atoms with E-state index in [0.717, 1.165) is 35.4 Å². The number of hydrogen-bond acceptors (Lipinski definition) is 3. The molecule has 1 unspecified atom stereocenters. The number of carbonyl (C=O) groups is 2. The van der Waals surface area contributed by atoms with Gasteiger partial charge in [0.05, 0.1) is 16.6 Å². The van der Waals surface area contributed by atoms with Crippen LogP contribution in [0.2, 0.25) is 0 Å². The van der Waals surface area contributed by atoms with Crippen LogP contribution in [0.4, 0.5) is 18.9 Å². The summed E-state index contributed by atoms with van der Waals surface area (Å²) >= 11 is 0. The zero-order valence-corrected chi connectivity index (χ0v) is 17.0. The van der Waals surface area contributed by atoms with Gasteiger partial charge in [0, 0.05) is 24.6 Å². The number of rotatable bonds is 5. The fraction of sp³-hybridized carbons (Fsp3) is 0.348. The Morgan fingerprint density at radius 3 is 2.62 bits per heavy atom. The summed E-state index contributed by atoms with van der Waals surface area (Å²) in [6.07, 6.45) is -2.83. The molecule has 2 amide bonds. The molecule has 0 spiro atoms. The first-order valence-corrected chi connectivity index (χ1v) is 10.5. The highest BCUT2D eigenvalue weighted by Gasteiger charge is 2.43. The van der Waals surface area contributed by atoms with Crippen molar-refractivity contribution in [3.8, 4) is 0 Å². The maximum Gasteiger partial charge on any atom is 0.416 e. The Morgan fingerprint density at radius 1 is 1.16 bits per heavy atom. The third-order valence-electron chi connectivity index (χ3n) is 6.18. The molecule has 0 radical (unpaired) electrons. The minimum absolute atomic E-state index is 0.179. The first-order valence-electron chi connectivity index (χ1n) is 10.5. The second-order valence-electron chi connectivity index (χ2n) is 8.39. The molecule has 1 aliphatic carbocycles. The molecular formula is C23H21F3N4O2. The van der Waals surface area contributed by atoms with Crippen LogP contribution in [0.1, 0.15) is 36.6 Å². The van der Waals surface area contributed by atoms with Gasteiger partial charge in [-0.2, -0.15) is 13.2 Å². The van der Waals surface area contributed by atoms with Gasteiger partial charge in [0.25, 0.3) is 0 Å². The van der Waals surface area contributed by atoms with E-state index in [2.05, 4.69) is 15.3 Å². The predicted molar refractivity (Wildman–Crippen MR) is 112 cm³/mol. The summed E-state index contributed by atoms with van der Waals surface area (Å²) in [6.45, 7) is 0.347. The van der Waals surface area contributed by atoms with E-state index in [4.69, 9.17) is 0 Å². The molecule has 32 heavy (non-hydrogen) atoms. The normalized spacial score (nSPS) is 23.0. The number of para-hydroxylation sites is 2. The monoisotopic (exact) mass is 442 g/mol. The molecule has 2 N–H and O–H groups in total. The fourth-order valence-corrected chi connectivity index (χ4v) is 4.35. The quantitative estimate of drug-likeness (QED) is 0.627. The van der Waals surface area contributed by atoms with E-state index in [1.54, 1.807) is 0 Å². The van der Waals surface area contributed by atoms with E-state index in [1.165, 1.54) is 17.0 Å². The summed E-state index contributed by atoms with van der Waals surface area (Å²) in [5, 5.41) is 2.79. The molecule has 5 rings (SSSR count). The van der Waals surface area contributed by atoms with Crippen molar-refractivity contribution in [1.29, 1.82) is 0 Å².